The van der Waals surface area contributed by atoms with Gasteiger partial charge in [-0.3, -0.25) is 0 Å². The van der Waals surface area contributed by atoms with Gasteiger partial charge in [-0.2, -0.15) is 0 Å². The summed E-state index contributed by atoms with van der Waals surface area (Å²) in [5, 5.41) is 0. The summed E-state index contributed by atoms with van der Waals surface area (Å²) in [6.07, 6.45) is 51.8. The molecule has 6 saturated carbocycles. The van der Waals surface area contributed by atoms with Crippen LogP contribution in [-0.4, -0.2) is 24.2 Å². The zero-order valence-corrected chi connectivity index (χ0v) is 76.3. The molecule has 0 bridgehead atoms. The van der Waals surface area contributed by atoms with Gasteiger partial charge >= 0.3 is 78.6 Å². The maximum Gasteiger partial charge on any atom is 4.00 e. The van der Waals surface area contributed by atoms with E-state index in [9.17, 15) is 0 Å². The van der Waals surface area contributed by atoms with Crippen LogP contribution in [0.2, 0.25) is 71.5 Å². The smallest absolute Gasteiger partial charge is 0.358 e. The molecule has 0 radical (unpaired) electrons. The number of rotatable bonds is 8. The summed E-state index contributed by atoms with van der Waals surface area (Å²) in [5.41, 5.74) is 21.5. The Morgan fingerprint density at radius 1 is 0.280 bits per heavy atom. The van der Waals surface area contributed by atoms with Gasteiger partial charge in [0.05, 0.1) is 24.2 Å². The van der Waals surface area contributed by atoms with Gasteiger partial charge in [-0.1, -0.05) is 265 Å². The van der Waals surface area contributed by atoms with E-state index in [2.05, 4.69) is 246 Å². The van der Waals surface area contributed by atoms with Gasteiger partial charge in [0.2, 0.25) is 0 Å². The quantitative estimate of drug-likeness (QED) is 0.107. The fourth-order valence-corrected chi connectivity index (χ4v) is 37.5. The summed E-state index contributed by atoms with van der Waals surface area (Å²) in [6, 6.07) is 48.8. The SMILES string of the molecule is CC[Si](CC)(C1CC2C=Cc3ccccc3C2C1)C1CC2C=Cc3ccccc3C2C1.C[Si](C)(C1CC2C=Cc3ccccc3C2C1)C1CC2C=Cc3ccccc3C2C1.C[Si](C)(C1CC2C=Cc3ccccc3C2C1)C1CCC2C=CC=CC21.[CH3-].[CH3-].[CH3-].[CH3-].[CH3-].[CH3-].[CH3-].[CH3-].[CH3-].[CH3-].[CH3-].[CH3-].[Zr+4].[Zr+4].[Zr+4]. The van der Waals surface area contributed by atoms with Crippen molar-refractivity contribution in [3.05, 3.63) is 321 Å². The fraction of sp³-hybridized carbons (Fsp3) is 0.404. The van der Waals surface area contributed by atoms with Gasteiger partial charge in [-0.05, 0) is 231 Å². The molecule has 0 N–H and O–H groups in total. The molecule has 6 fully saturated rings. The van der Waals surface area contributed by atoms with Crippen molar-refractivity contribution in [2.45, 2.75) is 192 Å². The van der Waals surface area contributed by atoms with Crippen LogP contribution >= 0.6 is 0 Å². The zero-order chi connectivity index (χ0) is 57.6. The number of allylic oxidation sites excluding steroid dienone is 9. The first-order valence-corrected chi connectivity index (χ1v) is 43.6. The summed E-state index contributed by atoms with van der Waals surface area (Å²) in [6.45, 7) is 16.1. The van der Waals surface area contributed by atoms with Crippen molar-refractivity contribution in [2.24, 2.45) is 41.4 Å². The van der Waals surface area contributed by atoms with Crippen LogP contribution in [0.3, 0.4) is 0 Å². The molecule has 18 unspecified atom stereocenters. The fourth-order valence-electron chi connectivity index (χ4n) is 22.3. The van der Waals surface area contributed by atoms with E-state index in [-0.39, 0.29) is 168 Å². The van der Waals surface area contributed by atoms with Crippen molar-refractivity contribution >= 4 is 54.6 Å². The molecule has 5 aromatic rings. The Kier molecular flexibility index (Phi) is 39.5. The molecular weight excluding hydrogens is 1490 g/mol. The third-order valence-corrected chi connectivity index (χ3v) is 44.4. The van der Waals surface area contributed by atoms with Crippen molar-refractivity contribution in [1.82, 2.24) is 0 Å². The van der Waals surface area contributed by atoms with Crippen molar-refractivity contribution in [3.8, 4) is 0 Å². The Hall–Kier alpha value is -2.42. The van der Waals surface area contributed by atoms with Crippen molar-refractivity contribution < 1.29 is 78.6 Å². The molecule has 0 heterocycles. The average Bonchev–Trinajstić information content (AvgIpc) is 1.60. The third kappa shape index (κ3) is 17.7. The molecule has 0 nitrogen and oxygen atoms in total. The predicted octanol–water partition coefficient (Wildman–Crippen LogP) is 28.7. The number of hydrogen-bond acceptors (Lipinski definition) is 0. The molecule has 0 saturated heterocycles. The Morgan fingerprint density at radius 3 is 0.820 bits per heavy atom. The van der Waals surface area contributed by atoms with E-state index in [4.69, 9.17) is 0 Å². The molecule has 0 aliphatic heterocycles. The molecular formula is C94H134Si3Zr3. The summed E-state index contributed by atoms with van der Waals surface area (Å²) < 4.78 is 0. The van der Waals surface area contributed by atoms with Crippen LogP contribution in [0.25, 0.3) is 30.4 Å². The molecule has 18 atom stereocenters. The summed E-state index contributed by atoms with van der Waals surface area (Å²) in [5.74, 6) is 9.52. The van der Waals surface area contributed by atoms with Gasteiger partial charge in [-0.25, -0.2) is 0 Å². The molecule has 12 aliphatic rings. The molecule has 534 valence electrons. The second-order valence-corrected chi connectivity index (χ2v) is 46.9. The van der Waals surface area contributed by atoms with Crippen LogP contribution in [0, 0.1) is 131 Å². The Labute approximate surface area is 680 Å². The van der Waals surface area contributed by atoms with Crippen LogP contribution in [0.15, 0.2) is 176 Å². The van der Waals surface area contributed by atoms with Crippen molar-refractivity contribution in [1.29, 1.82) is 0 Å². The minimum Gasteiger partial charge on any atom is -0.358 e. The Balaban J connectivity index is 0.00000137. The van der Waals surface area contributed by atoms with E-state index >= 15 is 0 Å². The van der Waals surface area contributed by atoms with Crippen LogP contribution in [-0.2, 0) is 78.6 Å². The van der Waals surface area contributed by atoms with E-state index < -0.39 is 24.2 Å². The predicted molar refractivity (Wildman–Crippen MR) is 450 cm³/mol. The zero-order valence-electron chi connectivity index (χ0n) is 65.9. The van der Waals surface area contributed by atoms with Gasteiger partial charge in [0.1, 0.15) is 0 Å². The summed E-state index contributed by atoms with van der Waals surface area (Å²) in [4.78, 5) is 0. The third-order valence-electron chi connectivity index (χ3n) is 27.3. The number of hydrogen-bond donors (Lipinski definition) is 0. The minimum atomic E-state index is -1.36. The molecule has 0 spiro atoms. The monoisotopic (exact) mass is 1620 g/mol. The number of benzene rings is 5. The molecule has 12 aliphatic carbocycles. The van der Waals surface area contributed by atoms with Gasteiger partial charge in [0.15, 0.2) is 0 Å². The molecule has 0 aromatic heterocycles. The van der Waals surface area contributed by atoms with E-state index in [0.717, 1.165) is 104 Å². The van der Waals surface area contributed by atoms with Crippen molar-refractivity contribution in [3.63, 3.8) is 0 Å². The van der Waals surface area contributed by atoms with Crippen LogP contribution in [0.5, 0.6) is 0 Å². The van der Waals surface area contributed by atoms with Crippen LogP contribution in [0.4, 0.5) is 0 Å². The maximum absolute atomic E-state index is 2.74. The second kappa shape index (κ2) is 40.5. The van der Waals surface area contributed by atoms with E-state index in [1.807, 2.05) is 0 Å². The molecule has 5 aromatic carbocycles. The summed E-state index contributed by atoms with van der Waals surface area (Å²) >= 11 is 0. The number of fused-ring (bicyclic) bond motifs is 16. The second-order valence-electron chi connectivity index (χ2n) is 30.9. The van der Waals surface area contributed by atoms with Crippen LogP contribution < -0.4 is 0 Å². The van der Waals surface area contributed by atoms with E-state index in [1.165, 1.54) is 117 Å². The Bertz CT molecular complexity index is 3360. The van der Waals surface area contributed by atoms with Gasteiger partial charge in [0.25, 0.3) is 0 Å². The first-order valence-electron chi connectivity index (χ1n) is 34.7. The average molecular weight is 1620 g/mol. The Morgan fingerprint density at radius 2 is 0.530 bits per heavy atom. The van der Waals surface area contributed by atoms with E-state index in [0.29, 0.717) is 0 Å². The topological polar surface area (TPSA) is 0 Å². The minimum absolute atomic E-state index is 0. The summed E-state index contributed by atoms with van der Waals surface area (Å²) in [7, 11) is -3.96. The largest absolute Gasteiger partial charge is 4.00 e. The maximum atomic E-state index is 2.74. The van der Waals surface area contributed by atoms with Crippen LogP contribution in [0.1, 0.15) is 176 Å². The first kappa shape index (κ1) is 97.6. The molecule has 6 heteroatoms. The van der Waals surface area contributed by atoms with Gasteiger partial charge in [0, 0.05) is 0 Å². The molecule has 17 rings (SSSR count). The molecule has 0 amide bonds. The van der Waals surface area contributed by atoms with Gasteiger partial charge < -0.3 is 89.1 Å². The normalized spacial score (nSPS) is 29.8. The van der Waals surface area contributed by atoms with E-state index in [1.54, 1.807) is 27.8 Å². The van der Waals surface area contributed by atoms with Gasteiger partial charge in [-0.15, -0.1) is 0 Å². The van der Waals surface area contributed by atoms with Crippen molar-refractivity contribution in [2.75, 3.05) is 0 Å². The molecule has 100 heavy (non-hydrogen) atoms. The standard InChI is InChI=1S/C30H36Si.C28H32Si.C24H30Si.12CH3.3Zr/c1-3-31(4-2,25-17-23-15-13-21-9-5-7-11-27(21)29(23)19-25)26-18-24-16-14-22-10-6-8-12-28(22)30(24)20-26;1-29(2,23-15-21-13-11-19-7-3-5-9-25(19)27(21)17-23)24-16-22-14-12-20-8-4-6-10-26(20)28(22)18-24;1-25(2,24-14-13-18-8-4-6-10-22(18)24)20-15-19-12-11-17-7-3-5-9-21(17)23(19)16-20;;;;;;;;;;;;;;;/h5-16,23-26,29-30H,3-4,17-20H2,1-2H3;3-14,21-24,27-28H,15-18H2,1-2H3;3-12,18-20,22-24H,13-16H2,1-2H3;12*1H3;;;/q;;;12*-1;3*+4. The first-order chi connectivity index (χ1) is 41.5.